The molecule has 0 bridgehead atoms. The van der Waals surface area contributed by atoms with Crippen molar-refractivity contribution in [3.05, 3.63) is 35.9 Å². The molecule has 0 aliphatic carbocycles. The molecule has 1 N–H and O–H groups in total. The monoisotopic (exact) mass is 318 g/mol. The fourth-order valence-electron chi connectivity index (χ4n) is 2.76. The first-order valence-corrected chi connectivity index (χ1v) is 8.15. The predicted molar refractivity (Wildman–Crippen MR) is 89.2 cm³/mol. The number of nitrogens with zero attached hydrogens (tertiary/aromatic N) is 1. The van der Waals surface area contributed by atoms with Gasteiger partial charge in [-0.25, -0.2) is 4.79 Å². The summed E-state index contributed by atoms with van der Waals surface area (Å²) in [5.74, 6) is 0.460. The van der Waals surface area contributed by atoms with E-state index in [0.717, 1.165) is 25.9 Å². The van der Waals surface area contributed by atoms with Gasteiger partial charge >= 0.3 is 6.09 Å². The molecule has 1 aliphatic rings. The Hall–Kier alpha value is -2.04. The summed E-state index contributed by atoms with van der Waals surface area (Å²) in [6.45, 7) is 6.84. The average Bonchev–Trinajstić information content (AvgIpc) is 2.52. The van der Waals surface area contributed by atoms with E-state index in [9.17, 15) is 9.59 Å². The molecule has 2 rings (SSSR count). The minimum absolute atomic E-state index is 0.00901. The fraction of sp³-hybridized carbons (Fsp3) is 0.556. The van der Waals surface area contributed by atoms with Gasteiger partial charge in [0.1, 0.15) is 12.1 Å². The SMILES string of the molecule is CC(C)(C)OC(=O)NCC(=O)N1CCC(c2ccccc2)CC1. The van der Waals surface area contributed by atoms with E-state index in [0.29, 0.717) is 5.92 Å². The number of alkyl carbamates (subject to hydrolysis) is 1. The topological polar surface area (TPSA) is 58.6 Å². The molecule has 2 amide bonds. The van der Waals surface area contributed by atoms with Crippen LogP contribution in [0.3, 0.4) is 0 Å². The number of carbonyl (C=O) groups is 2. The van der Waals surface area contributed by atoms with E-state index in [1.807, 2.05) is 11.0 Å². The van der Waals surface area contributed by atoms with Crippen molar-refractivity contribution >= 4 is 12.0 Å². The average molecular weight is 318 g/mol. The molecule has 23 heavy (non-hydrogen) atoms. The molecule has 1 aromatic carbocycles. The van der Waals surface area contributed by atoms with E-state index in [4.69, 9.17) is 4.74 Å². The van der Waals surface area contributed by atoms with Gasteiger partial charge in [0, 0.05) is 13.1 Å². The normalized spacial score (nSPS) is 16.0. The lowest BCUT2D eigenvalue weighted by atomic mass is 9.89. The Morgan fingerprint density at radius 3 is 2.35 bits per heavy atom. The third-order valence-corrected chi connectivity index (χ3v) is 3.90. The zero-order valence-electron chi connectivity index (χ0n) is 14.2. The summed E-state index contributed by atoms with van der Waals surface area (Å²) in [4.78, 5) is 25.6. The Balaban J connectivity index is 1.74. The van der Waals surface area contributed by atoms with E-state index < -0.39 is 11.7 Å². The number of likely N-dealkylation sites (tertiary alicyclic amines) is 1. The number of piperidine rings is 1. The van der Waals surface area contributed by atoms with Crippen LogP contribution in [-0.4, -0.2) is 42.1 Å². The van der Waals surface area contributed by atoms with E-state index in [1.165, 1.54) is 5.56 Å². The minimum atomic E-state index is -0.554. The van der Waals surface area contributed by atoms with Gasteiger partial charge in [0.2, 0.25) is 5.91 Å². The van der Waals surface area contributed by atoms with Crippen molar-refractivity contribution in [3.63, 3.8) is 0 Å². The summed E-state index contributed by atoms with van der Waals surface area (Å²) in [6.07, 6.45) is 1.37. The second kappa shape index (κ2) is 7.49. The molecular weight excluding hydrogens is 292 g/mol. The summed E-state index contributed by atoms with van der Waals surface area (Å²) < 4.78 is 5.13. The number of amides is 2. The Kier molecular flexibility index (Phi) is 5.64. The van der Waals surface area contributed by atoms with Crippen LogP contribution in [0.25, 0.3) is 0 Å². The maximum absolute atomic E-state index is 12.2. The maximum atomic E-state index is 12.2. The zero-order chi connectivity index (χ0) is 16.9. The third-order valence-electron chi connectivity index (χ3n) is 3.90. The highest BCUT2D eigenvalue weighted by Gasteiger charge is 2.24. The van der Waals surface area contributed by atoms with E-state index in [-0.39, 0.29) is 12.5 Å². The highest BCUT2D eigenvalue weighted by atomic mass is 16.6. The van der Waals surface area contributed by atoms with Gasteiger partial charge in [-0.05, 0) is 45.1 Å². The molecule has 1 heterocycles. The molecule has 1 aromatic rings. The largest absolute Gasteiger partial charge is 0.444 e. The van der Waals surface area contributed by atoms with Gasteiger partial charge in [-0.1, -0.05) is 30.3 Å². The van der Waals surface area contributed by atoms with Crippen LogP contribution in [0.15, 0.2) is 30.3 Å². The molecule has 1 aliphatic heterocycles. The first-order valence-electron chi connectivity index (χ1n) is 8.15. The number of hydrogen-bond acceptors (Lipinski definition) is 3. The van der Waals surface area contributed by atoms with Crippen LogP contribution >= 0.6 is 0 Å². The summed E-state index contributed by atoms with van der Waals surface area (Å²) in [5, 5.41) is 2.53. The second-order valence-electron chi connectivity index (χ2n) is 6.92. The summed E-state index contributed by atoms with van der Waals surface area (Å²) >= 11 is 0. The van der Waals surface area contributed by atoms with Crippen LogP contribution in [0.1, 0.15) is 45.1 Å². The Labute approximate surface area is 138 Å². The molecule has 0 atom stereocenters. The number of nitrogens with one attached hydrogen (secondary N) is 1. The van der Waals surface area contributed by atoms with Gasteiger partial charge in [0.15, 0.2) is 0 Å². The maximum Gasteiger partial charge on any atom is 0.408 e. The van der Waals surface area contributed by atoms with Gasteiger partial charge in [0.25, 0.3) is 0 Å². The zero-order valence-corrected chi connectivity index (χ0v) is 14.2. The van der Waals surface area contributed by atoms with E-state index in [2.05, 4.69) is 29.6 Å². The lowest BCUT2D eigenvalue weighted by Crippen LogP contribution is -2.44. The molecule has 0 saturated carbocycles. The van der Waals surface area contributed by atoms with Crippen LogP contribution in [0, 0.1) is 0 Å². The van der Waals surface area contributed by atoms with Gasteiger partial charge in [-0.2, -0.15) is 0 Å². The molecule has 5 nitrogen and oxygen atoms in total. The van der Waals surface area contributed by atoms with E-state index in [1.54, 1.807) is 20.8 Å². The van der Waals surface area contributed by atoms with Crippen molar-refractivity contribution < 1.29 is 14.3 Å². The molecule has 1 saturated heterocycles. The predicted octanol–water partition coefficient (Wildman–Crippen LogP) is 2.92. The highest BCUT2D eigenvalue weighted by Crippen LogP contribution is 2.27. The molecular formula is C18H26N2O3. The first-order chi connectivity index (χ1) is 10.8. The van der Waals surface area contributed by atoms with Crippen LogP contribution in [0.5, 0.6) is 0 Å². The van der Waals surface area contributed by atoms with Gasteiger partial charge in [-0.15, -0.1) is 0 Å². The highest BCUT2D eigenvalue weighted by molar-refractivity contribution is 5.82. The molecule has 0 spiro atoms. The Bertz CT molecular complexity index is 529. The van der Waals surface area contributed by atoms with Crippen molar-refractivity contribution in [2.24, 2.45) is 0 Å². The first kappa shape index (κ1) is 17.3. The summed E-state index contributed by atoms with van der Waals surface area (Å²) in [7, 11) is 0. The van der Waals surface area contributed by atoms with Crippen molar-refractivity contribution in [1.82, 2.24) is 10.2 Å². The van der Waals surface area contributed by atoms with E-state index >= 15 is 0 Å². The van der Waals surface area contributed by atoms with Crippen molar-refractivity contribution in [2.45, 2.75) is 45.1 Å². The van der Waals surface area contributed by atoms with Gasteiger partial charge < -0.3 is 15.0 Å². The Morgan fingerprint density at radius 1 is 1.17 bits per heavy atom. The molecule has 126 valence electrons. The van der Waals surface area contributed by atoms with Crippen molar-refractivity contribution in [1.29, 1.82) is 0 Å². The smallest absolute Gasteiger partial charge is 0.408 e. The molecule has 0 radical (unpaired) electrons. The molecule has 0 unspecified atom stereocenters. The summed E-state index contributed by atoms with van der Waals surface area (Å²) in [5.41, 5.74) is 0.785. The number of hydrogen-bond donors (Lipinski definition) is 1. The molecule has 0 aromatic heterocycles. The second-order valence-corrected chi connectivity index (χ2v) is 6.92. The quantitative estimate of drug-likeness (QED) is 0.932. The molecule has 5 heteroatoms. The number of rotatable bonds is 3. The lowest BCUT2D eigenvalue weighted by Gasteiger charge is -2.32. The van der Waals surface area contributed by atoms with Gasteiger partial charge in [-0.3, -0.25) is 4.79 Å². The minimum Gasteiger partial charge on any atom is -0.444 e. The third kappa shape index (κ3) is 5.58. The lowest BCUT2D eigenvalue weighted by molar-refractivity contribution is -0.131. The Morgan fingerprint density at radius 2 is 1.78 bits per heavy atom. The summed E-state index contributed by atoms with van der Waals surface area (Å²) in [6, 6.07) is 10.4. The fourth-order valence-corrected chi connectivity index (χ4v) is 2.76. The standard InChI is InChI=1S/C18H26N2O3/c1-18(2,3)23-17(22)19-13-16(21)20-11-9-15(10-12-20)14-7-5-4-6-8-14/h4-8,15H,9-13H2,1-3H3,(H,19,22). The van der Waals surface area contributed by atoms with Crippen molar-refractivity contribution in [3.8, 4) is 0 Å². The number of benzene rings is 1. The van der Waals surface area contributed by atoms with Crippen LogP contribution < -0.4 is 5.32 Å². The molecule has 1 fully saturated rings. The van der Waals surface area contributed by atoms with Crippen LogP contribution in [-0.2, 0) is 9.53 Å². The number of ether oxygens (including phenoxy) is 1. The van der Waals surface area contributed by atoms with Crippen LogP contribution in [0.2, 0.25) is 0 Å². The number of carbonyl (C=O) groups excluding carboxylic acids is 2. The van der Waals surface area contributed by atoms with Crippen LogP contribution in [0.4, 0.5) is 4.79 Å². The van der Waals surface area contributed by atoms with Gasteiger partial charge in [0.05, 0.1) is 0 Å². The van der Waals surface area contributed by atoms with Crippen molar-refractivity contribution in [2.75, 3.05) is 19.6 Å².